The maximum absolute atomic E-state index is 9.81. The van der Waals surface area contributed by atoms with Gasteiger partial charge in [0.1, 0.15) is 0 Å². The van der Waals surface area contributed by atoms with E-state index in [4.69, 9.17) is 0 Å². The van der Waals surface area contributed by atoms with Crippen molar-refractivity contribution in [1.29, 1.82) is 0 Å². The summed E-state index contributed by atoms with van der Waals surface area (Å²) in [5.74, 6) is 0.362. The second-order valence-electron chi connectivity index (χ2n) is 4.59. The summed E-state index contributed by atoms with van der Waals surface area (Å²) in [4.78, 5) is 2.09. The van der Waals surface area contributed by atoms with Crippen molar-refractivity contribution in [3.8, 4) is 0 Å². The van der Waals surface area contributed by atoms with Crippen LogP contribution in [0.4, 0.5) is 5.69 Å². The number of aliphatic hydroxyl groups is 1. The Labute approximate surface area is 91.5 Å². The van der Waals surface area contributed by atoms with Gasteiger partial charge in [0.15, 0.2) is 0 Å². The fourth-order valence-corrected chi connectivity index (χ4v) is 2.35. The molecular weight excluding hydrogens is 186 g/mol. The van der Waals surface area contributed by atoms with Gasteiger partial charge in [-0.2, -0.15) is 0 Å². The predicted molar refractivity (Wildman–Crippen MR) is 63.4 cm³/mol. The average molecular weight is 205 g/mol. The highest BCUT2D eigenvalue weighted by Crippen LogP contribution is 2.34. The van der Waals surface area contributed by atoms with E-state index < -0.39 is 0 Å². The van der Waals surface area contributed by atoms with Crippen LogP contribution >= 0.6 is 0 Å². The van der Waals surface area contributed by atoms with Crippen LogP contribution in [0.5, 0.6) is 0 Å². The van der Waals surface area contributed by atoms with E-state index in [9.17, 15) is 5.11 Å². The van der Waals surface area contributed by atoms with Crippen molar-refractivity contribution in [3.63, 3.8) is 0 Å². The lowest BCUT2D eigenvalue weighted by Crippen LogP contribution is -2.12. The van der Waals surface area contributed by atoms with E-state index in [-0.39, 0.29) is 6.10 Å². The standard InChI is InChI=1S/C13H19NO/c1-14(2)11-8-6-10(7-9-11)12-4-3-5-13(12)15/h6-9,12-13,15H,3-5H2,1-2H3/t12-,13+/m1/s1. The van der Waals surface area contributed by atoms with E-state index in [1.54, 1.807) is 0 Å². The lowest BCUT2D eigenvalue weighted by molar-refractivity contribution is 0.164. The van der Waals surface area contributed by atoms with Crippen LogP contribution in [0.2, 0.25) is 0 Å². The molecule has 2 heteroatoms. The minimum absolute atomic E-state index is 0.129. The summed E-state index contributed by atoms with van der Waals surface area (Å²) in [5.41, 5.74) is 2.50. The Kier molecular flexibility index (Phi) is 2.96. The molecule has 15 heavy (non-hydrogen) atoms. The highest BCUT2D eigenvalue weighted by atomic mass is 16.3. The Morgan fingerprint density at radius 2 is 1.80 bits per heavy atom. The van der Waals surface area contributed by atoms with Crippen LogP contribution in [0.1, 0.15) is 30.7 Å². The summed E-state index contributed by atoms with van der Waals surface area (Å²) in [6.07, 6.45) is 3.11. The van der Waals surface area contributed by atoms with Crippen LogP contribution in [-0.4, -0.2) is 25.3 Å². The SMILES string of the molecule is CN(C)c1ccc([C@H]2CCC[C@@H]2O)cc1. The van der Waals surface area contributed by atoms with Gasteiger partial charge in [-0.3, -0.25) is 0 Å². The summed E-state index contributed by atoms with van der Waals surface area (Å²) in [5, 5.41) is 9.81. The molecule has 0 saturated heterocycles. The minimum Gasteiger partial charge on any atom is -0.392 e. The lowest BCUT2D eigenvalue weighted by atomic mass is 9.95. The zero-order valence-electron chi connectivity index (χ0n) is 9.48. The zero-order valence-corrected chi connectivity index (χ0v) is 9.48. The summed E-state index contributed by atoms with van der Waals surface area (Å²) in [6.45, 7) is 0. The van der Waals surface area contributed by atoms with Crippen molar-refractivity contribution >= 4 is 5.69 Å². The first-order chi connectivity index (χ1) is 7.18. The number of anilines is 1. The molecule has 1 aliphatic carbocycles. The van der Waals surface area contributed by atoms with Crippen LogP contribution in [0.3, 0.4) is 0 Å². The molecule has 0 unspecified atom stereocenters. The second kappa shape index (κ2) is 4.23. The van der Waals surface area contributed by atoms with E-state index in [0.717, 1.165) is 19.3 Å². The van der Waals surface area contributed by atoms with Gasteiger partial charge in [-0.15, -0.1) is 0 Å². The molecule has 1 aliphatic rings. The summed E-state index contributed by atoms with van der Waals surface area (Å²) in [6, 6.07) is 8.55. The van der Waals surface area contributed by atoms with Gasteiger partial charge < -0.3 is 10.0 Å². The van der Waals surface area contributed by atoms with Gasteiger partial charge in [0.2, 0.25) is 0 Å². The number of hydrogen-bond donors (Lipinski definition) is 1. The van der Waals surface area contributed by atoms with Crippen LogP contribution in [0.25, 0.3) is 0 Å². The predicted octanol–water partition coefficient (Wildman–Crippen LogP) is 2.38. The van der Waals surface area contributed by atoms with Crippen molar-refractivity contribution in [1.82, 2.24) is 0 Å². The highest BCUT2D eigenvalue weighted by Gasteiger charge is 2.26. The van der Waals surface area contributed by atoms with Crippen molar-refractivity contribution in [2.45, 2.75) is 31.3 Å². The molecule has 1 fully saturated rings. The van der Waals surface area contributed by atoms with Gasteiger partial charge in [-0.05, 0) is 30.5 Å². The third kappa shape index (κ3) is 2.15. The fourth-order valence-electron chi connectivity index (χ4n) is 2.35. The Morgan fingerprint density at radius 1 is 1.13 bits per heavy atom. The van der Waals surface area contributed by atoms with E-state index in [1.807, 2.05) is 14.1 Å². The van der Waals surface area contributed by atoms with E-state index in [1.165, 1.54) is 11.3 Å². The van der Waals surface area contributed by atoms with Gasteiger partial charge in [-0.1, -0.05) is 18.6 Å². The summed E-state index contributed by atoms with van der Waals surface area (Å²) in [7, 11) is 4.08. The molecule has 82 valence electrons. The van der Waals surface area contributed by atoms with Crippen LogP contribution in [-0.2, 0) is 0 Å². The number of aliphatic hydroxyl groups excluding tert-OH is 1. The molecular formula is C13H19NO. The van der Waals surface area contributed by atoms with Gasteiger partial charge in [-0.25, -0.2) is 0 Å². The monoisotopic (exact) mass is 205 g/mol. The molecule has 0 amide bonds. The Bertz CT molecular complexity index is 318. The maximum atomic E-state index is 9.81. The Hall–Kier alpha value is -1.02. The molecule has 2 nitrogen and oxygen atoms in total. The maximum Gasteiger partial charge on any atom is 0.0608 e. The van der Waals surface area contributed by atoms with E-state index in [0.29, 0.717) is 5.92 Å². The van der Waals surface area contributed by atoms with Crippen LogP contribution in [0, 0.1) is 0 Å². The highest BCUT2D eigenvalue weighted by molar-refractivity contribution is 5.46. The van der Waals surface area contributed by atoms with Crippen molar-refractivity contribution in [2.24, 2.45) is 0 Å². The van der Waals surface area contributed by atoms with Crippen molar-refractivity contribution in [2.75, 3.05) is 19.0 Å². The smallest absolute Gasteiger partial charge is 0.0608 e. The molecule has 0 aromatic heterocycles. The first-order valence-electron chi connectivity index (χ1n) is 5.64. The quantitative estimate of drug-likeness (QED) is 0.801. The van der Waals surface area contributed by atoms with Gasteiger partial charge in [0.25, 0.3) is 0 Å². The Morgan fingerprint density at radius 3 is 2.27 bits per heavy atom. The average Bonchev–Trinajstić information content (AvgIpc) is 2.65. The molecule has 0 radical (unpaired) electrons. The molecule has 2 rings (SSSR count). The third-order valence-electron chi connectivity index (χ3n) is 3.32. The minimum atomic E-state index is -0.129. The van der Waals surface area contributed by atoms with E-state index in [2.05, 4.69) is 29.2 Å². The largest absolute Gasteiger partial charge is 0.392 e. The molecule has 0 spiro atoms. The molecule has 1 saturated carbocycles. The molecule has 1 aromatic carbocycles. The summed E-state index contributed by atoms with van der Waals surface area (Å²) >= 11 is 0. The molecule has 0 heterocycles. The fraction of sp³-hybridized carbons (Fsp3) is 0.538. The topological polar surface area (TPSA) is 23.5 Å². The van der Waals surface area contributed by atoms with Crippen LogP contribution in [0.15, 0.2) is 24.3 Å². The zero-order chi connectivity index (χ0) is 10.8. The Balaban J connectivity index is 2.16. The van der Waals surface area contributed by atoms with E-state index >= 15 is 0 Å². The first kappa shape index (κ1) is 10.5. The van der Waals surface area contributed by atoms with Crippen molar-refractivity contribution in [3.05, 3.63) is 29.8 Å². The van der Waals surface area contributed by atoms with Crippen molar-refractivity contribution < 1.29 is 5.11 Å². The van der Waals surface area contributed by atoms with Gasteiger partial charge in [0, 0.05) is 25.7 Å². The summed E-state index contributed by atoms with van der Waals surface area (Å²) < 4.78 is 0. The molecule has 1 N–H and O–H groups in total. The second-order valence-corrected chi connectivity index (χ2v) is 4.59. The normalized spacial score (nSPS) is 25.5. The van der Waals surface area contributed by atoms with Gasteiger partial charge >= 0.3 is 0 Å². The third-order valence-corrected chi connectivity index (χ3v) is 3.32. The van der Waals surface area contributed by atoms with Crippen LogP contribution < -0.4 is 4.90 Å². The number of rotatable bonds is 2. The molecule has 2 atom stereocenters. The first-order valence-corrected chi connectivity index (χ1v) is 5.64. The molecule has 0 bridgehead atoms. The van der Waals surface area contributed by atoms with Gasteiger partial charge in [0.05, 0.1) is 6.10 Å². The molecule has 0 aliphatic heterocycles. The molecule has 1 aromatic rings. The number of nitrogens with zero attached hydrogens (tertiary/aromatic N) is 1. The number of benzene rings is 1. The lowest BCUT2D eigenvalue weighted by Gasteiger charge is -2.17. The number of hydrogen-bond acceptors (Lipinski definition) is 2.